The van der Waals surface area contributed by atoms with Gasteiger partial charge in [-0.3, -0.25) is 5.01 Å². The molecule has 0 amide bonds. The molecule has 1 aliphatic rings. The van der Waals surface area contributed by atoms with Crippen molar-refractivity contribution >= 4 is 34.0 Å². The minimum Gasteiger partial charge on any atom is -0.456 e. The Bertz CT molecular complexity index is 1430. The number of hydrogen-bond donors (Lipinski definition) is 1. The maximum Gasteiger partial charge on any atom is 0.431 e. The molecule has 0 spiro atoms. The third-order valence-corrected chi connectivity index (χ3v) is 6.57. The molecule has 5 rings (SSSR count). The van der Waals surface area contributed by atoms with E-state index in [9.17, 15) is 31.4 Å². The van der Waals surface area contributed by atoms with Gasteiger partial charge in [-0.1, -0.05) is 66.2 Å². The van der Waals surface area contributed by atoms with Crippen LogP contribution in [-0.2, 0) is 0 Å². The van der Waals surface area contributed by atoms with Crippen LogP contribution in [0.3, 0.4) is 0 Å². The third-order valence-electron chi connectivity index (χ3n) is 6.25. The fourth-order valence-corrected chi connectivity index (χ4v) is 4.55. The van der Waals surface area contributed by atoms with Crippen molar-refractivity contribution in [3.8, 4) is 11.3 Å². The zero-order valence-electron chi connectivity index (χ0n) is 18.7. The number of hydrazone groups is 1. The molecule has 1 atom stereocenters. The van der Waals surface area contributed by atoms with Gasteiger partial charge in [-0.05, 0) is 29.8 Å². The minimum absolute atomic E-state index is 0.0685. The molecule has 0 bridgehead atoms. The zero-order chi connectivity index (χ0) is 26.6. The Labute approximate surface area is 211 Å². The number of para-hydroxylation sites is 2. The number of benzene rings is 3. The van der Waals surface area contributed by atoms with Crippen molar-refractivity contribution in [2.75, 3.05) is 5.01 Å². The van der Waals surface area contributed by atoms with Crippen molar-refractivity contribution in [3.05, 3.63) is 89.4 Å². The highest BCUT2D eigenvalue weighted by Gasteiger charge is 2.74. The molecule has 1 N–H and O–H groups in total. The summed E-state index contributed by atoms with van der Waals surface area (Å²) in [7, 11) is 0. The topological polar surface area (TPSA) is 49.0 Å². The molecule has 0 saturated heterocycles. The van der Waals surface area contributed by atoms with Gasteiger partial charge < -0.3 is 9.52 Å². The van der Waals surface area contributed by atoms with E-state index in [1.165, 1.54) is 18.2 Å². The fraction of sp³-hybridized carbons (Fsp3) is 0.192. The van der Waals surface area contributed by atoms with E-state index in [0.29, 0.717) is 22.5 Å². The van der Waals surface area contributed by atoms with Gasteiger partial charge in [-0.15, -0.1) is 0 Å². The van der Waals surface area contributed by atoms with Crippen molar-refractivity contribution in [3.63, 3.8) is 0 Å². The maximum atomic E-state index is 13.6. The highest BCUT2D eigenvalue weighted by molar-refractivity contribution is 6.33. The smallest absolute Gasteiger partial charge is 0.431 e. The van der Waals surface area contributed by atoms with Crippen LogP contribution in [-0.4, -0.2) is 28.8 Å². The third kappa shape index (κ3) is 4.23. The minimum atomic E-state index is -6.05. The first kappa shape index (κ1) is 25.2. The molecule has 2 heterocycles. The number of furan rings is 1. The summed E-state index contributed by atoms with van der Waals surface area (Å²) < 4.78 is 87.5. The lowest BCUT2D eigenvalue weighted by molar-refractivity contribution is -0.338. The van der Waals surface area contributed by atoms with Gasteiger partial charge in [0.05, 0.1) is 22.5 Å². The highest BCUT2D eigenvalue weighted by Crippen LogP contribution is 2.49. The molecule has 192 valence electrons. The predicted molar refractivity (Wildman–Crippen MR) is 127 cm³/mol. The lowest BCUT2D eigenvalue weighted by Gasteiger charge is -2.32. The first-order chi connectivity index (χ1) is 17.4. The SMILES string of the molecule is OC(C1=NN(c2ccccc2Cl)C(c2ccc(-c3cc4ccccc4o3)cc2)C1)(C(F)(F)F)C(F)(F)F. The molecule has 0 saturated carbocycles. The van der Waals surface area contributed by atoms with Gasteiger partial charge in [0.25, 0.3) is 5.60 Å². The normalized spacial score (nSPS) is 16.9. The van der Waals surface area contributed by atoms with Gasteiger partial charge in [-0.2, -0.15) is 31.4 Å². The van der Waals surface area contributed by atoms with Gasteiger partial charge in [0, 0.05) is 17.4 Å². The van der Waals surface area contributed by atoms with Gasteiger partial charge in [0.2, 0.25) is 0 Å². The number of nitrogens with zero attached hydrogens (tertiary/aromatic N) is 2. The van der Waals surface area contributed by atoms with Crippen LogP contribution in [0.15, 0.2) is 88.4 Å². The maximum absolute atomic E-state index is 13.6. The van der Waals surface area contributed by atoms with E-state index in [1.807, 2.05) is 24.3 Å². The quantitative estimate of drug-likeness (QED) is 0.269. The van der Waals surface area contributed by atoms with Crippen molar-refractivity contribution in [2.45, 2.75) is 30.4 Å². The summed E-state index contributed by atoms with van der Waals surface area (Å²) in [6.45, 7) is 0. The summed E-state index contributed by atoms with van der Waals surface area (Å²) >= 11 is 6.21. The van der Waals surface area contributed by atoms with E-state index >= 15 is 0 Å². The Morgan fingerprint density at radius 3 is 2.11 bits per heavy atom. The Balaban J connectivity index is 1.56. The van der Waals surface area contributed by atoms with E-state index in [4.69, 9.17) is 16.0 Å². The summed E-state index contributed by atoms with van der Waals surface area (Å²) in [5.41, 5.74) is -4.81. The van der Waals surface area contributed by atoms with E-state index < -0.39 is 36.1 Å². The molecular formula is C26H17ClF6N2O2. The highest BCUT2D eigenvalue weighted by atomic mass is 35.5. The number of rotatable bonds is 4. The van der Waals surface area contributed by atoms with Crippen LogP contribution in [0.4, 0.5) is 32.0 Å². The van der Waals surface area contributed by atoms with E-state index in [-0.39, 0.29) is 10.7 Å². The van der Waals surface area contributed by atoms with Crippen LogP contribution in [0, 0.1) is 0 Å². The Kier molecular flexibility index (Phi) is 5.99. The monoisotopic (exact) mass is 538 g/mol. The molecule has 1 aromatic heterocycles. The summed E-state index contributed by atoms with van der Waals surface area (Å²) in [6.07, 6.45) is -12.9. The Morgan fingerprint density at radius 1 is 0.865 bits per heavy atom. The molecule has 0 aliphatic carbocycles. The summed E-state index contributed by atoms with van der Waals surface area (Å²) in [4.78, 5) is 0. The van der Waals surface area contributed by atoms with Crippen LogP contribution >= 0.6 is 11.6 Å². The van der Waals surface area contributed by atoms with Gasteiger partial charge in [0.15, 0.2) is 0 Å². The second-order valence-electron chi connectivity index (χ2n) is 8.54. The van der Waals surface area contributed by atoms with Gasteiger partial charge in [0.1, 0.15) is 11.3 Å². The molecule has 0 radical (unpaired) electrons. The first-order valence-corrected chi connectivity index (χ1v) is 11.3. The van der Waals surface area contributed by atoms with Gasteiger partial charge >= 0.3 is 12.4 Å². The molecule has 4 aromatic rings. The van der Waals surface area contributed by atoms with E-state index in [1.54, 1.807) is 36.4 Å². The fourth-order valence-electron chi connectivity index (χ4n) is 4.33. The molecule has 37 heavy (non-hydrogen) atoms. The van der Waals surface area contributed by atoms with Crippen molar-refractivity contribution in [1.82, 2.24) is 0 Å². The van der Waals surface area contributed by atoms with Crippen molar-refractivity contribution < 1.29 is 35.9 Å². The zero-order valence-corrected chi connectivity index (χ0v) is 19.4. The van der Waals surface area contributed by atoms with E-state index in [0.717, 1.165) is 10.4 Å². The molecule has 1 unspecified atom stereocenters. The average Bonchev–Trinajstić information content (AvgIpc) is 3.47. The summed E-state index contributed by atoms with van der Waals surface area (Å²) in [5.74, 6) is 0.544. The van der Waals surface area contributed by atoms with Crippen LogP contribution in [0.2, 0.25) is 5.02 Å². The summed E-state index contributed by atoms with van der Waals surface area (Å²) in [6, 6.07) is 20.4. The average molecular weight is 539 g/mol. The van der Waals surface area contributed by atoms with Crippen LogP contribution in [0.1, 0.15) is 18.0 Å². The molecule has 0 fully saturated rings. The Hall–Kier alpha value is -3.50. The number of hydrogen-bond acceptors (Lipinski definition) is 4. The molecule has 3 aromatic carbocycles. The second-order valence-corrected chi connectivity index (χ2v) is 8.95. The lowest BCUT2D eigenvalue weighted by Crippen LogP contribution is -2.62. The largest absolute Gasteiger partial charge is 0.456 e. The van der Waals surface area contributed by atoms with Crippen LogP contribution in [0.25, 0.3) is 22.3 Å². The first-order valence-electron chi connectivity index (χ1n) is 11.0. The van der Waals surface area contributed by atoms with Crippen molar-refractivity contribution in [2.24, 2.45) is 5.10 Å². The van der Waals surface area contributed by atoms with E-state index in [2.05, 4.69) is 5.10 Å². The number of anilines is 1. The number of alkyl halides is 6. The number of aliphatic hydroxyl groups is 1. The van der Waals surface area contributed by atoms with Gasteiger partial charge in [-0.25, -0.2) is 0 Å². The Morgan fingerprint density at radius 2 is 1.49 bits per heavy atom. The standard InChI is InChI=1S/C26H17ClF6N2O2/c27-18-6-2-3-7-19(18)35-20(14-23(34-35)24(36,25(28,29)30)26(31,32)33)15-9-11-16(12-10-15)22-13-17-5-1-4-8-21(17)37-22/h1-13,20,36H,14H2. The molecule has 1 aliphatic heterocycles. The molecular weight excluding hydrogens is 522 g/mol. The van der Waals surface area contributed by atoms with Crippen LogP contribution in [0.5, 0.6) is 0 Å². The van der Waals surface area contributed by atoms with Crippen molar-refractivity contribution in [1.29, 1.82) is 0 Å². The lowest BCUT2D eigenvalue weighted by atomic mass is 9.89. The number of fused-ring (bicyclic) bond motifs is 1. The predicted octanol–water partition coefficient (Wildman–Crippen LogP) is 7.92. The molecule has 11 heteroatoms. The van der Waals surface area contributed by atoms with Crippen LogP contribution < -0.4 is 5.01 Å². The molecule has 4 nitrogen and oxygen atoms in total. The summed E-state index contributed by atoms with van der Waals surface area (Å²) in [5, 5.41) is 15.6. The number of halogens is 7. The second kappa shape index (κ2) is 8.81.